The van der Waals surface area contributed by atoms with Crippen LogP contribution < -0.4 is 15.5 Å². The highest BCUT2D eigenvalue weighted by Gasteiger charge is 2.15. The molecule has 2 rings (SSSR count). The van der Waals surface area contributed by atoms with E-state index in [9.17, 15) is 14.9 Å². The van der Waals surface area contributed by atoms with Crippen molar-refractivity contribution in [2.45, 2.75) is 13.3 Å². The molecular formula is C17H17ClN4O4. The molecule has 0 saturated carbocycles. The molecule has 0 saturated heterocycles. The summed E-state index contributed by atoms with van der Waals surface area (Å²) in [4.78, 5) is 22.4. The van der Waals surface area contributed by atoms with E-state index in [0.717, 1.165) is 6.42 Å². The topological polar surface area (TPSA) is 106 Å². The number of hydrogen-bond acceptors (Lipinski definition) is 5. The average molecular weight is 377 g/mol. The molecule has 0 radical (unpaired) electrons. The number of ether oxygens (including phenoxy) is 1. The molecule has 9 heteroatoms. The number of carbonyl (C=O) groups is 1. The first-order chi connectivity index (χ1) is 12.5. The van der Waals surface area contributed by atoms with Gasteiger partial charge in [0.15, 0.2) is 5.75 Å². The van der Waals surface area contributed by atoms with Gasteiger partial charge in [-0.15, -0.1) is 0 Å². The van der Waals surface area contributed by atoms with Crippen LogP contribution in [0.1, 0.15) is 18.9 Å². The smallest absolute Gasteiger partial charge is 0.339 e. The van der Waals surface area contributed by atoms with Crippen molar-refractivity contribution in [1.29, 1.82) is 0 Å². The van der Waals surface area contributed by atoms with Gasteiger partial charge in [-0.1, -0.05) is 24.6 Å². The molecule has 2 aromatic rings. The number of rotatable bonds is 7. The minimum Gasteiger partial charge on any atom is -0.487 e. The van der Waals surface area contributed by atoms with Crippen molar-refractivity contribution in [2.24, 2.45) is 5.10 Å². The van der Waals surface area contributed by atoms with Crippen molar-refractivity contribution >= 4 is 35.2 Å². The van der Waals surface area contributed by atoms with Crippen LogP contribution in [0.15, 0.2) is 47.6 Å². The van der Waals surface area contributed by atoms with Crippen molar-refractivity contribution in [3.8, 4) is 5.75 Å². The van der Waals surface area contributed by atoms with Crippen LogP contribution in [0.25, 0.3) is 0 Å². The van der Waals surface area contributed by atoms with E-state index in [0.29, 0.717) is 22.9 Å². The number of halogens is 1. The molecule has 0 aliphatic rings. The molecule has 2 amide bonds. The molecule has 0 atom stereocenters. The molecule has 0 heterocycles. The van der Waals surface area contributed by atoms with E-state index in [4.69, 9.17) is 16.3 Å². The van der Waals surface area contributed by atoms with Crippen LogP contribution >= 0.6 is 11.6 Å². The van der Waals surface area contributed by atoms with Gasteiger partial charge in [0.1, 0.15) is 0 Å². The van der Waals surface area contributed by atoms with Gasteiger partial charge in [0.05, 0.1) is 17.7 Å². The average Bonchev–Trinajstić information content (AvgIpc) is 2.60. The minimum absolute atomic E-state index is 0.161. The standard InChI is InChI=1S/C17H17ClN4O4/c1-2-8-26-16-7-6-12(9-15(16)22(24)25)11-19-21-17(23)20-14-5-3-4-13(18)10-14/h3-7,9-11H,2,8H2,1H3,(H2,20,21,23)/b19-11-. The quantitative estimate of drug-likeness (QED) is 0.429. The zero-order chi connectivity index (χ0) is 18.9. The largest absolute Gasteiger partial charge is 0.487 e. The predicted molar refractivity (Wildman–Crippen MR) is 100 cm³/mol. The fourth-order valence-electron chi connectivity index (χ4n) is 1.98. The second kappa shape index (κ2) is 9.38. The summed E-state index contributed by atoms with van der Waals surface area (Å²) in [5.74, 6) is 0.195. The monoisotopic (exact) mass is 376 g/mol. The highest BCUT2D eigenvalue weighted by molar-refractivity contribution is 6.30. The van der Waals surface area contributed by atoms with E-state index in [1.54, 1.807) is 30.3 Å². The van der Waals surface area contributed by atoms with Crippen LogP contribution in [-0.2, 0) is 0 Å². The number of nitro benzene ring substituents is 1. The highest BCUT2D eigenvalue weighted by Crippen LogP contribution is 2.27. The zero-order valence-electron chi connectivity index (χ0n) is 13.9. The molecule has 26 heavy (non-hydrogen) atoms. The van der Waals surface area contributed by atoms with Gasteiger partial charge in [0.25, 0.3) is 0 Å². The number of nitro groups is 1. The lowest BCUT2D eigenvalue weighted by atomic mass is 10.2. The third kappa shape index (κ3) is 5.75. The molecule has 0 fully saturated rings. The van der Waals surface area contributed by atoms with Crippen molar-refractivity contribution in [1.82, 2.24) is 5.43 Å². The fourth-order valence-corrected chi connectivity index (χ4v) is 2.17. The molecule has 0 aliphatic heterocycles. The van der Waals surface area contributed by atoms with Crippen molar-refractivity contribution in [2.75, 3.05) is 11.9 Å². The third-order valence-corrected chi connectivity index (χ3v) is 3.34. The van der Waals surface area contributed by atoms with Crippen LogP contribution in [0.3, 0.4) is 0 Å². The number of amides is 2. The molecule has 0 unspecified atom stereocenters. The Morgan fingerprint density at radius 1 is 1.35 bits per heavy atom. The summed E-state index contributed by atoms with van der Waals surface area (Å²) < 4.78 is 5.34. The van der Waals surface area contributed by atoms with E-state index in [1.807, 2.05) is 6.92 Å². The predicted octanol–water partition coefficient (Wildman–Crippen LogP) is 4.19. The van der Waals surface area contributed by atoms with E-state index in [1.165, 1.54) is 18.3 Å². The number of nitrogens with zero attached hydrogens (tertiary/aromatic N) is 2. The summed E-state index contributed by atoms with van der Waals surface area (Å²) in [5, 5.41) is 18.0. The lowest BCUT2D eigenvalue weighted by Gasteiger charge is -2.06. The number of hydrazone groups is 1. The summed E-state index contributed by atoms with van der Waals surface area (Å²) in [7, 11) is 0. The Morgan fingerprint density at radius 3 is 2.85 bits per heavy atom. The summed E-state index contributed by atoms with van der Waals surface area (Å²) in [6.07, 6.45) is 2.04. The highest BCUT2D eigenvalue weighted by atomic mass is 35.5. The van der Waals surface area contributed by atoms with E-state index < -0.39 is 11.0 Å². The summed E-state index contributed by atoms with van der Waals surface area (Å²) in [6.45, 7) is 2.30. The van der Waals surface area contributed by atoms with Crippen LogP contribution in [0.5, 0.6) is 5.75 Å². The molecule has 2 N–H and O–H groups in total. The molecule has 0 aromatic heterocycles. The normalized spacial score (nSPS) is 10.5. The molecule has 0 spiro atoms. The molecule has 0 aliphatic carbocycles. The maximum absolute atomic E-state index is 11.8. The van der Waals surface area contributed by atoms with Gasteiger partial charge in [-0.2, -0.15) is 5.10 Å². The number of urea groups is 1. The number of benzene rings is 2. The lowest BCUT2D eigenvalue weighted by molar-refractivity contribution is -0.385. The first kappa shape index (κ1) is 19.2. The first-order valence-corrected chi connectivity index (χ1v) is 8.14. The minimum atomic E-state index is -0.569. The van der Waals surface area contributed by atoms with Crippen molar-refractivity contribution in [3.05, 3.63) is 63.2 Å². The van der Waals surface area contributed by atoms with Gasteiger partial charge in [0.2, 0.25) is 0 Å². The Balaban J connectivity index is 1.99. The van der Waals surface area contributed by atoms with Crippen LogP contribution in [0, 0.1) is 10.1 Å². The Bertz CT molecular complexity index is 826. The Kier molecular flexibility index (Phi) is 6.92. The second-order valence-electron chi connectivity index (χ2n) is 5.17. The van der Waals surface area contributed by atoms with Crippen molar-refractivity contribution < 1.29 is 14.5 Å². The van der Waals surface area contributed by atoms with Crippen molar-refractivity contribution in [3.63, 3.8) is 0 Å². The maximum Gasteiger partial charge on any atom is 0.339 e. The van der Waals surface area contributed by atoms with E-state index in [-0.39, 0.29) is 11.4 Å². The van der Waals surface area contributed by atoms with E-state index >= 15 is 0 Å². The molecule has 8 nitrogen and oxygen atoms in total. The van der Waals surface area contributed by atoms with Crippen LogP contribution in [0.2, 0.25) is 5.02 Å². The van der Waals surface area contributed by atoms with Gasteiger partial charge < -0.3 is 10.1 Å². The van der Waals surface area contributed by atoms with Gasteiger partial charge in [0, 0.05) is 22.3 Å². The van der Waals surface area contributed by atoms with Gasteiger partial charge in [-0.3, -0.25) is 10.1 Å². The van der Waals surface area contributed by atoms with Crippen LogP contribution in [0.4, 0.5) is 16.2 Å². The second-order valence-corrected chi connectivity index (χ2v) is 5.60. The van der Waals surface area contributed by atoms with Gasteiger partial charge in [-0.05, 0) is 36.8 Å². The fraction of sp³-hybridized carbons (Fsp3) is 0.176. The first-order valence-electron chi connectivity index (χ1n) is 7.76. The Morgan fingerprint density at radius 2 is 2.15 bits per heavy atom. The molecular weight excluding hydrogens is 360 g/mol. The number of nitrogens with one attached hydrogen (secondary N) is 2. The summed E-state index contributed by atoms with van der Waals surface area (Å²) >= 11 is 5.83. The SMILES string of the molecule is CCCOc1ccc(/C=N\NC(=O)Nc2cccc(Cl)c2)cc1[N+](=O)[O-]. The van der Waals surface area contributed by atoms with Crippen LogP contribution in [-0.4, -0.2) is 23.8 Å². The number of anilines is 1. The zero-order valence-corrected chi connectivity index (χ0v) is 14.7. The Hall–Kier alpha value is -3.13. The molecule has 136 valence electrons. The van der Waals surface area contributed by atoms with Gasteiger partial charge in [-0.25, -0.2) is 10.2 Å². The Labute approximate surface area is 155 Å². The maximum atomic E-state index is 11.8. The lowest BCUT2D eigenvalue weighted by Crippen LogP contribution is -2.24. The number of hydrogen-bond donors (Lipinski definition) is 2. The molecule has 2 aromatic carbocycles. The molecule has 0 bridgehead atoms. The summed E-state index contributed by atoms with van der Waals surface area (Å²) in [6, 6.07) is 10.5. The third-order valence-electron chi connectivity index (χ3n) is 3.10. The summed E-state index contributed by atoms with van der Waals surface area (Å²) in [5.41, 5.74) is 3.07. The van der Waals surface area contributed by atoms with Gasteiger partial charge >= 0.3 is 11.7 Å². The van der Waals surface area contributed by atoms with E-state index in [2.05, 4.69) is 15.8 Å². The number of carbonyl (C=O) groups excluding carboxylic acids is 1.